The molecule has 8 heteroatoms. The van der Waals surface area contributed by atoms with Crippen LogP contribution in [0.3, 0.4) is 0 Å². The van der Waals surface area contributed by atoms with Crippen LogP contribution in [0.5, 0.6) is 0 Å². The van der Waals surface area contributed by atoms with Crippen molar-refractivity contribution in [2.75, 3.05) is 16.4 Å². The van der Waals surface area contributed by atoms with E-state index in [0.29, 0.717) is 11.5 Å². The number of para-hydroxylation sites is 2. The molecular weight excluding hydrogens is 454 g/mol. The summed E-state index contributed by atoms with van der Waals surface area (Å²) in [5.41, 5.74) is 16.5. The molecule has 0 saturated heterocycles. The number of hydrogen-bond donors (Lipinski definition) is 2. The maximum Gasteiger partial charge on any atom is 0.189 e. The Balaban J connectivity index is 0.000000265. The molecule has 0 saturated carbocycles. The molecule has 0 amide bonds. The second kappa shape index (κ2) is 14.6. The first-order valence-corrected chi connectivity index (χ1v) is 10.5. The maximum atomic E-state index is 6.03. The Morgan fingerprint density at radius 2 is 0.857 bits per heavy atom. The standard InChI is InChI=1S/C15H14N6.C12H10.2Na/c16-13-14(17)18-20-19-15(13)21(11-7-3-1-4-8-11)12-9-5-2-6-10-12;1-3-7-11(8-4-1)12-9-5-2-6-10-12;;/h1-10H,(H2,16,20)(H2,17,18,19);1-10H;;. The minimum atomic E-state index is 0. The van der Waals surface area contributed by atoms with Crippen LogP contribution >= 0.6 is 0 Å². The van der Waals surface area contributed by atoms with Crippen LogP contribution in [0.1, 0.15) is 0 Å². The number of rotatable bonds is 4. The van der Waals surface area contributed by atoms with Crippen LogP contribution in [0.4, 0.5) is 28.7 Å². The third kappa shape index (κ3) is 7.64. The molecule has 0 unspecified atom stereocenters. The second-order valence-electron chi connectivity index (χ2n) is 7.15. The molecule has 4 aromatic carbocycles. The minimum Gasteiger partial charge on any atom is -0.393 e. The third-order valence-electron chi connectivity index (χ3n) is 4.93. The summed E-state index contributed by atoms with van der Waals surface area (Å²) in [5, 5.41) is 11.4. The minimum absolute atomic E-state index is 0. The summed E-state index contributed by atoms with van der Waals surface area (Å²) >= 11 is 0. The molecule has 0 fully saturated rings. The fourth-order valence-electron chi connectivity index (χ4n) is 3.31. The van der Waals surface area contributed by atoms with E-state index in [-0.39, 0.29) is 64.9 Å². The average molecular weight is 479 g/mol. The van der Waals surface area contributed by atoms with E-state index in [0.717, 1.165) is 11.4 Å². The number of nitrogens with zero attached hydrogens (tertiary/aromatic N) is 4. The van der Waals surface area contributed by atoms with Gasteiger partial charge in [-0.1, -0.05) is 97.1 Å². The molecule has 1 aromatic heterocycles. The zero-order valence-corrected chi connectivity index (χ0v) is 24.0. The molecule has 0 aliphatic carbocycles. The summed E-state index contributed by atoms with van der Waals surface area (Å²) in [6.07, 6.45) is 0. The molecule has 6 nitrogen and oxygen atoms in total. The van der Waals surface area contributed by atoms with Gasteiger partial charge in [0.2, 0.25) is 0 Å². The summed E-state index contributed by atoms with van der Waals surface area (Å²) in [6.45, 7) is 0. The smallest absolute Gasteiger partial charge is 0.189 e. The topological polar surface area (TPSA) is 93.9 Å². The van der Waals surface area contributed by atoms with Crippen molar-refractivity contribution < 1.29 is 0 Å². The van der Waals surface area contributed by atoms with Crippen LogP contribution in [0.25, 0.3) is 11.1 Å². The molecule has 0 aliphatic rings. The number of nitrogens with two attached hydrogens (primary N) is 2. The Morgan fingerprint density at radius 1 is 0.486 bits per heavy atom. The Kier molecular flexibility index (Phi) is 11.9. The number of nitrogen functional groups attached to an aromatic ring is 2. The van der Waals surface area contributed by atoms with E-state index in [1.807, 2.05) is 77.7 Å². The predicted octanol–water partition coefficient (Wildman–Crippen LogP) is 5.10. The Labute approximate surface area is 250 Å². The van der Waals surface area contributed by atoms with E-state index in [1.54, 1.807) is 0 Å². The summed E-state index contributed by atoms with van der Waals surface area (Å²) in [7, 11) is 0. The Morgan fingerprint density at radius 3 is 1.26 bits per heavy atom. The molecule has 5 rings (SSSR count). The number of benzene rings is 4. The first-order valence-electron chi connectivity index (χ1n) is 10.5. The van der Waals surface area contributed by atoms with Crippen molar-refractivity contribution in [1.82, 2.24) is 15.4 Å². The van der Waals surface area contributed by atoms with Gasteiger partial charge in [0.15, 0.2) is 11.6 Å². The van der Waals surface area contributed by atoms with Crippen LogP contribution in [0, 0.1) is 0 Å². The average Bonchev–Trinajstić information content (AvgIpc) is 2.89. The number of anilines is 5. The molecule has 164 valence electrons. The monoisotopic (exact) mass is 478 g/mol. The van der Waals surface area contributed by atoms with Crippen LogP contribution in [-0.4, -0.2) is 74.5 Å². The van der Waals surface area contributed by atoms with E-state index in [2.05, 4.69) is 63.9 Å². The van der Waals surface area contributed by atoms with E-state index in [9.17, 15) is 0 Å². The summed E-state index contributed by atoms with van der Waals surface area (Å²) in [5.74, 6) is 0.622. The van der Waals surface area contributed by atoms with Crippen LogP contribution in [-0.2, 0) is 0 Å². The summed E-state index contributed by atoms with van der Waals surface area (Å²) < 4.78 is 0. The summed E-state index contributed by atoms with van der Waals surface area (Å²) in [6, 6.07) is 40.3. The molecule has 0 bridgehead atoms. The fraction of sp³-hybridized carbons (Fsp3) is 0. The van der Waals surface area contributed by atoms with Crippen LogP contribution < -0.4 is 16.4 Å². The number of aromatic nitrogens is 3. The predicted molar refractivity (Wildman–Crippen MR) is 147 cm³/mol. The van der Waals surface area contributed by atoms with Crippen molar-refractivity contribution in [2.45, 2.75) is 0 Å². The van der Waals surface area contributed by atoms with Gasteiger partial charge in [-0.05, 0) is 40.6 Å². The van der Waals surface area contributed by atoms with Gasteiger partial charge in [0.25, 0.3) is 0 Å². The van der Waals surface area contributed by atoms with Crippen molar-refractivity contribution in [3.05, 3.63) is 121 Å². The molecule has 1 heterocycles. The van der Waals surface area contributed by atoms with E-state index in [4.69, 9.17) is 11.5 Å². The van der Waals surface area contributed by atoms with Gasteiger partial charge < -0.3 is 11.5 Å². The van der Waals surface area contributed by atoms with Gasteiger partial charge >= 0.3 is 0 Å². The normalized spacial score (nSPS) is 9.49. The van der Waals surface area contributed by atoms with E-state index >= 15 is 0 Å². The molecule has 4 N–H and O–H groups in total. The van der Waals surface area contributed by atoms with E-state index in [1.165, 1.54) is 11.1 Å². The molecule has 0 atom stereocenters. The van der Waals surface area contributed by atoms with Gasteiger partial charge in [0.05, 0.1) is 0 Å². The van der Waals surface area contributed by atoms with Gasteiger partial charge in [-0.3, -0.25) is 4.90 Å². The molecular formula is C27H24N6Na2. The second-order valence-corrected chi connectivity index (χ2v) is 7.15. The van der Waals surface area contributed by atoms with Crippen LogP contribution in [0.2, 0.25) is 0 Å². The molecule has 0 spiro atoms. The van der Waals surface area contributed by atoms with Gasteiger partial charge in [-0.25, -0.2) is 0 Å². The molecule has 2 radical (unpaired) electrons. The van der Waals surface area contributed by atoms with Gasteiger partial charge in [-0.2, -0.15) is 0 Å². The zero-order valence-electron chi connectivity index (χ0n) is 20.0. The molecule has 0 aliphatic heterocycles. The first kappa shape index (κ1) is 28.5. The molecule has 35 heavy (non-hydrogen) atoms. The third-order valence-corrected chi connectivity index (χ3v) is 4.93. The first-order chi connectivity index (χ1) is 16.2. The number of hydrogen-bond acceptors (Lipinski definition) is 6. The van der Waals surface area contributed by atoms with Crippen molar-refractivity contribution in [3.63, 3.8) is 0 Å². The summed E-state index contributed by atoms with van der Waals surface area (Å²) in [4.78, 5) is 1.89. The van der Waals surface area contributed by atoms with Crippen LogP contribution in [0.15, 0.2) is 121 Å². The van der Waals surface area contributed by atoms with Gasteiger partial charge in [0, 0.05) is 70.5 Å². The van der Waals surface area contributed by atoms with Gasteiger partial charge in [-0.15, -0.1) is 10.2 Å². The van der Waals surface area contributed by atoms with Gasteiger partial charge in [0.1, 0.15) is 5.69 Å². The zero-order chi connectivity index (χ0) is 22.9. The van der Waals surface area contributed by atoms with Crippen molar-refractivity contribution in [1.29, 1.82) is 0 Å². The quantitative estimate of drug-likeness (QED) is 0.349. The van der Waals surface area contributed by atoms with E-state index < -0.39 is 0 Å². The largest absolute Gasteiger partial charge is 0.393 e. The molecule has 5 aromatic rings. The Hall–Kier alpha value is -2.71. The SMILES string of the molecule is Nc1nnnc(N(c2ccccc2)c2ccccc2)c1N.[Na].[Na].c1ccc(-c2ccccc2)cc1. The van der Waals surface area contributed by atoms with Crippen molar-refractivity contribution >= 4 is 87.8 Å². The maximum absolute atomic E-state index is 6.03. The van der Waals surface area contributed by atoms with Crippen molar-refractivity contribution in [2.24, 2.45) is 0 Å². The fourth-order valence-corrected chi connectivity index (χ4v) is 3.31. The Bertz CT molecular complexity index is 1200. The van der Waals surface area contributed by atoms with Crippen molar-refractivity contribution in [3.8, 4) is 11.1 Å².